The van der Waals surface area contributed by atoms with E-state index in [1.54, 1.807) is 6.20 Å². The maximum absolute atomic E-state index is 10.6. The quantitative estimate of drug-likeness (QED) is 0.460. The largest absolute Gasteiger partial charge is 0.506 e. The van der Waals surface area contributed by atoms with Crippen LogP contribution in [0, 0.1) is 18.5 Å². The van der Waals surface area contributed by atoms with Gasteiger partial charge in [0.05, 0.1) is 3.57 Å². The number of hydrogen-bond donors (Lipinski definition) is 2. The summed E-state index contributed by atoms with van der Waals surface area (Å²) in [5.74, 6) is 0.288. The van der Waals surface area contributed by atoms with E-state index in [4.69, 9.17) is 5.73 Å². The van der Waals surface area contributed by atoms with Gasteiger partial charge in [-0.25, -0.2) is 4.98 Å². The lowest BCUT2D eigenvalue weighted by Gasteiger charge is -2.15. The van der Waals surface area contributed by atoms with Crippen LogP contribution in [-0.2, 0) is 0 Å². The number of aromatic nitrogens is 1. The molecule has 118 valence electrons. The maximum Gasteiger partial charge on any atom is 0.141 e. The average molecular weight is 539 g/mol. The van der Waals surface area contributed by atoms with Gasteiger partial charge >= 0.3 is 0 Å². The van der Waals surface area contributed by atoms with Crippen LogP contribution in [-0.4, -0.2) is 10.1 Å². The molecule has 4 nitrogen and oxygen atoms in total. The van der Waals surface area contributed by atoms with E-state index in [1.807, 2.05) is 42.5 Å². The summed E-state index contributed by atoms with van der Waals surface area (Å²) in [6, 6.07) is 15.5. The molecule has 24 heavy (non-hydrogen) atoms. The molecule has 3 N–H and O–H groups in total. The molecule has 0 unspecified atom stereocenters. The van der Waals surface area contributed by atoms with E-state index in [0.717, 1.165) is 14.7 Å². The normalized spacial score (nSPS) is 10.4. The van der Waals surface area contributed by atoms with Crippen LogP contribution in [0.4, 0.5) is 5.82 Å². The molecule has 3 aromatic rings. The van der Waals surface area contributed by atoms with Gasteiger partial charge in [-0.3, -0.25) is 0 Å². The molecule has 0 aliphatic heterocycles. The lowest BCUT2D eigenvalue weighted by atomic mass is 9.92. The van der Waals surface area contributed by atoms with Gasteiger partial charge in [0.15, 0.2) is 0 Å². The molecule has 0 saturated heterocycles. The number of pyridine rings is 1. The van der Waals surface area contributed by atoms with Gasteiger partial charge in [0.2, 0.25) is 0 Å². The zero-order valence-electron chi connectivity index (χ0n) is 12.3. The number of rotatable bonds is 2. The summed E-state index contributed by atoms with van der Waals surface area (Å²) in [4.78, 5) is 4.16. The first-order valence-corrected chi connectivity index (χ1v) is 9.11. The van der Waals surface area contributed by atoms with Crippen LogP contribution in [0.2, 0.25) is 0 Å². The molecular formula is C18H11I2N3O. The van der Waals surface area contributed by atoms with Crippen LogP contribution >= 0.6 is 45.2 Å². The van der Waals surface area contributed by atoms with Crippen molar-refractivity contribution in [3.63, 3.8) is 0 Å². The van der Waals surface area contributed by atoms with Gasteiger partial charge in [-0.1, -0.05) is 30.3 Å². The Morgan fingerprint density at radius 1 is 1.08 bits per heavy atom. The van der Waals surface area contributed by atoms with Crippen LogP contribution < -0.4 is 5.73 Å². The molecule has 3 rings (SSSR count). The smallest absolute Gasteiger partial charge is 0.141 e. The summed E-state index contributed by atoms with van der Waals surface area (Å²) in [6.07, 6.45) is 1.65. The van der Waals surface area contributed by atoms with Crippen LogP contribution in [0.15, 0.2) is 48.7 Å². The van der Waals surface area contributed by atoms with E-state index in [9.17, 15) is 10.4 Å². The Bertz CT molecular complexity index is 966. The van der Waals surface area contributed by atoms with Crippen LogP contribution in [0.1, 0.15) is 5.56 Å². The summed E-state index contributed by atoms with van der Waals surface area (Å²) < 4.78 is 1.68. The Morgan fingerprint density at radius 3 is 2.46 bits per heavy atom. The Kier molecular flexibility index (Phi) is 4.91. The first kappa shape index (κ1) is 17.0. The number of benzene rings is 2. The van der Waals surface area contributed by atoms with Crippen molar-refractivity contribution >= 4 is 51.0 Å². The van der Waals surface area contributed by atoms with E-state index >= 15 is 0 Å². The third-order valence-electron chi connectivity index (χ3n) is 3.60. The molecule has 0 fully saturated rings. The lowest BCUT2D eigenvalue weighted by Crippen LogP contribution is -2.00. The molecule has 1 aromatic heterocycles. The van der Waals surface area contributed by atoms with Crippen molar-refractivity contribution in [3.8, 4) is 34.1 Å². The third kappa shape index (κ3) is 3.06. The highest BCUT2D eigenvalue weighted by Crippen LogP contribution is 2.42. The molecule has 0 atom stereocenters. The summed E-state index contributed by atoms with van der Waals surface area (Å²) in [6.45, 7) is 0. The predicted molar refractivity (Wildman–Crippen MR) is 111 cm³/mol. The number of aromatic hydroxyl groups is 1. The number of nitrogens with two attached hydrogens (primary N) is 1. The average Bonchev–Trinajstić information content (AvgIpc) is 2.58. The highest BCUT2D eigenvalue weighted by atomic mass is 127. The number of anilines is 1. The van der Waals surface area contributed by atoms with Crippen molar-refractivity contribution < 1.29 is 5.11 Å². The summed E-state index contributed by atoms with van der Waals surface area (Å²) >= 11 is 4.26. The molecule has 0 aliphatic carbocycles. The molecule has 1 heterocycles. The van der Waals surface area contributed by atoms with E-state index in [1.165, 1.54) is 0 Å². The van der Waals surface area contributed by atoms with Crippen LogP contribution in [0.25, 0.3) is 22.3 Å². The lowest BCUT2D eigenvalue weighted by molar-refractivity contribution is 0.473. The Labute approximate surface area is 166 Å². The number of nitrogens with zero attached hydrogens (tertiary/aromatic N) is 2. The minimum absolute atomic E-state index is 0.135. The second-order valence-electron chi connectivity index (χ2n) is 5.07. The van der Waals surface area contributed by atoms with Gasteiger partial charge in [0, 0.05) is 26.5 Å². The topological polar surface area (TPSA) is 82.9 Å². The molecule has 2 aromatic carbocycles. The van der Waals surface area contributed by atoms with E-state index in [0.29, 0.717) is 14.7 Å². The van der Waals surface area contributed by atoms with Crippen molar-refractivity contribution in [2.24, 2.45) is 0 Å². The summed E-state index contributed by atoms with van der Waals surface area (Å²) in [5.41, 5.74) is 9.04. The first-order valence-electron chi connectivity index (χ1n) is 6.95. The number of nitrogen functional groups attached to an aromatic ring is 1. The number of hydrogen-bond acceptors (Lipinski definition) is 4. The van der Waals surface area contributed by atoms with Crippen molar-refractivity contribution in [3.05, 3.63) is 61.4 Å². The fourth-order valence-corrected chi connectivity index (χ4v) is 4.36. The molecular weight excluding hydrogens is 528 g/mol. The Morgan fingerprint density at radius 2 is 1.79 bits per heavy atom. The third-order valence-corrected chi connectivity index (χ3v) is 5.05. The Hall–Kier alpha value is -1.86. The number of phenols is 1. The van der Waals surface area contributed by atoms with Crippen molar-refractivity contribution in [2.45, 2.75) is 0 Å². The summed E-state index contributed by atoms with van der Waals surface area (Å²) in [5, 5.41) is 20.2. The van der Waals surface area contributed by atoms with Gasteiger partial charge in [-0.15, -0.1) is 0 Å². The first-order chi connectivity index (χ1) is 11.5. The maximum atomic E-state index is 10.6. The summed E-state index contributed by atoms with van der Waals surface area (Å²) in [7, 11) is 0. The Balaban J connectivity index is 2.43. The molecule has 0 aliphatic rings. The number of halogens is 2. The highest BCUT2D eigenvalue weighted by molar-refractivity contribution is 14.1. The van der Waals surface area contributed by atoms with Gasteiger partial charge in [-0.05, 0) is 62.9 Å². The van der Waals surface area contributed by atoms with E-state index in [2.05, 4.69) is 56.2 Å². The standard InChI is InChI=1S/C18H11I2N3O/c19-11-6-12(17(24)15(20)7-11)16-13(8-21)18(22)23-9-14(16)10-4-2-1-3-5-10/h1-7,9,24H,(H2,22,23). The van der Waals surface area contributed by atoms with Crippen molar-refractivity contribution in [2.75, 3.05) is 5.73 Å². The fraction of sp³-hybridized carbons (Fsp3) is 0. The van der Waals surface area contributed by atoms with Gasteiger partial charge in [0.25, 0.3) is 0 Å². The molecule has 0 saturated carbocycles. The number of nitriles is 1. The van der Waals surface area contributed by atoms with Crippen molar-refractivity contribution in [1.29, 1.82) is 5.26 Å². The zero-order valence-corrected chi connectivity index (χ0v) is 16.6. The molecule has 0 bridgehead atoms. The SMILES string of the molecule is N#Cc1c(N)ncc(-c2ccccc2)c1-c1cc(I)cc(I)c1O. The fourth-order valence-electron chi connectivity index (χ4n) is 2.51. The van der Waals surface area contributed by atoms with Gasteiger partial charge < -0.3 is 10.8 Å². The molecule has 6 heteroatoms. The second kappa shape index (κ2) is 6.94. The molecule has 0 amide bonds. The molecule has 0 spiro atoms. The van der Waals surface area contributed by atoms with Crippen molar-refractivity contribution in [1.82, 2.24) is 4.98 Å². The van der Waals surface area contributed by atoms with Crippen LogP contribution in [0.3, 0.4) is 0 Å². The van der Waals surface area contributed by atoms with Crippen LogP contribution in [0.5, 0.6) is 5.75 Å². The highest BCUT2D eigenvalue weighted by Gasteiger charge is 2.20. The second-order valence-corrected chi connectivity index (χ2v) is 7.48. The minimum atomic E-state index is 0.135. The minimum Gasteiger partial charge on any atom is -0.506 e. The molecule has 0 radical (unpaired) electrons. The number of phenolic OH excluding ortho intramolecular Hbond substituents is 1. The monoisotopic (exact) mass is 539 g/mol. The van der Waals surface area contributed by atoms with Gasteiger partial charge in [-0.2, -0.15) is 5.26 Å². The van der Waals surface area contributed by atoms with E-state index in [-0.39, 0.29) is 17.1 Å². The predicted octanol–water partition coefficient (Wildman–Crippen LogP) is 4.78. The van der Waals surface area contributed by atoms with E-state index < -0.39 is 0 Å². The zero-order chi connectivity index (χ0) is 17.3. The van der Waals surface area contributed by atoms with Gasteiger partial charge in [0.1, 0.15) is 23.2 Å².